The highest BCUT2D eigenvalue weighted by molar-refractivity contribution is 7.13. The monoisotopic (exact) mass is 306 g/mol. The lowest BCUT2D eigenvalue weighted by molar-refractivity contribution is -0.115. The topological polar surface area (TPSA) is 59.3 Å². The molecule has 0 spiro atoms. The van der Waals surface area contributed by atoms with E-state index in [0.717, 1.165) is 11.3 Å². The van der Waals surface area contributed by atoms with Crippen molar-refractivity contribution in [3.63, 3.8) is 0 Å². The number of amides is 1. The number of pyridine rings is 1. The fraction of sp³-hybridized carbons (Fsp3) is 0.154. The van der Waals surface area contributed by atoms with E-state index in [1.54, 1.807) is 22.9 Å². The average molecular weight is 307 g/mol. The van der Waals surface area contributed by atoms with E-state index >= 15 is 0 Å². The number of carbonyl (C=O) groups excluding carboxylic acids is 1. The molecule has 0 aliphatic carbocycles. The summed E-state index contributed by atoms with van der Waals surface area (Å²) in [6.07, 6.45) is 3.77. The highest BCUT2D eigenvalue weighted by Crippen LogP contribution is 2.15. The summed E-state index contributed by atoms with van der Waals surface area (Å²) in [5.41, 5.74) is 2.35. The Bertz CT molecular complexity index is 780. The number of rotatable bonds is 3. The molecule has 3 heterocycles. The quantitative estimate of drug-likeness (QED) is 0.809. The van der Waals surface area contributed by atoms with Gasteiger partial charge in [-0.05, 0) is 19.1 Å². The molecule has 102 valence electrons. The zero-order valence-electron chi connectivity index (χ0n) is 10.6. The van der Waals surface area contributed by atoms with Crippen molar-refractivity contribution in [2.75, 3.05) is 5.32 Å². The first-order chi connectivity index (χ1) is 9.60. The normalized spacial score (nSPS) is 10.9. The number of aryl methyl sites for hydroxylation is 1. The summed E-state index contributed by atoms with van der Waals surface area (Å²) in [5, 5.41) is 5.89. The summed E-state index contributed by atoms with van der Waals surface area (Å²) >= 11 is 7.32. The third-order valence-electron chi connectivity index (χ3n) is 2.67. The Hall–Kier alpha value is -1.92. The molecule has 20 heavy (non-hydrogen) atoms. The van der Waals surface area contributed by atoms with Crippen LogP contribution in [0.25, 0.3) is 5.65 Å². The van der Waals surface area contributed by atoms with E-state index in [1.807, 2.05) is 18.4 Å². The molecule has 3 aromatic rings. The lowest BCUT2D eigenvalue weighted by atomic mass is 10.3. The van der Waals surface area contributed by atoms with E-state index in [4.69, 9.17) is 11.6 Å². The zero-order chi connectivity index (χ0) is 14.1. The van der Waals surface area contributed by atoms with E-state index in [2.05, 4.69) is 15.3 Å². The minimum atomic E-state index is -0.131. The van der Waals surface area contributed by atoms with E-state index < -0.39 is 0 Å². The van der Waals surface area contributed by atoms with Crippen LogP contribution >= 0.6 is 22.9 Å². The summed E-state index contributed by atoms with van der Waals surface area (Å²) in [6, 6.07) is 3.58. The molecule has 0 unspecified atom stereocenters. The van der Waals surface area contributed by atoms with Gasteiger partial charge in [-0.3, -0.25) is 4.79 Å². The van der Waals surface area contributed by atoms with E-state index in [0.29, 0.717) is 15.8 Å². The van der Waals surface area contributed by atoms with Crippen LogP contribution in [-0.2, 0) is 11.2 Å². The van der Waals surface area contributed by atoms with E-state index in [-0.39, 0.29) is 12.3 Å². The van der Waals surface area contributed by atoms with Gasteiger partial charge >= 0.3 is 0 Å². The third-order valence-corrected chi connectivity index (χ3v) is 3.77. The fourth-order valence-electron chi connectivity index (χ4n) is 1.84. The van der Waals surface area contributed by atoms with Crippen LogP contribution in [0.3, 0.4) is 0 Å². The molecular weight excluding hydrogens is 296 g/mol. The standard InChI is InChI=1S/C13H11ClN4OS/c1-8-7-20-13(15-8)17-12(19)4-10-6-18-5-9(14)2-3-11(18)16-10/h2-3,5-7H,4H2,1H3,(H,15,17,19). The Balaban J connectivity index is 1.73. The molecular formula is C13H11ClN4OS. The molecule has 0 aliphatic heterocycles. The number of nitrogens with one attached hydrogen (secondary N) is 1. The Labute approximate surface area is 124 Å². The van der Waals surface area contributed by atoms with Crippen molar-refractivity contribution < 1.29 is 4.79 Å². The molecule has 0 saturated carbocycles. The van der Waals surface area contributed by atoms with Crippen LogP contribution in [0.1, 0.15) is 11.4 Å². The molecule has 0 radical (unpaired) electrons. The molecule has 1 amide bonds. The number of nitrogens with zero attached hydrogens (tertiary/aromatic N) is 3. The third kappa shape index (κ3) is 2.81. The molecule has 5 nitrogen and oxygen atoms in total. The summed E-state index contributed by atoms with van der Waals surface area (Å²) in [7, 11) is 0. The number of hydrogen-bond acceptors (Lipinski definition) is 4. The molecule has 7 heteroatoms. The van der Waals surface area contributed by atoms with Crippen molar-refractivity contribution in [1.29, 1.82) is 0 Å². The Morgan fingerprint density at radius 1 is 1.40 bits per heavy atom. The Morgan fingerprint density at radius 3 is 3.00 bits per heavy atom. The van der Waals surface area contributed by atoms with Crippen LogP contribution < -0.4 is 5.32 Å². The second kappa shape index (κ2) is 5.22. The van der Waals surface area contributed by atoms with Crippen molar-refractivity contribution in [3.8, 4) is 0 Å². The van der Waals surface area contributed by atoms with Crippen LogP contribution in [-0.4, -0.2) is 20.3 Å². The summed E-state index contributed by atoms with van der Waals surface area (Å²) in [6.45, 7) is 1.89. The number of carbonyl (C=O) groups is 1. The number of hydrogen-bond donors (Lipinski definition) is 1. The predicted octanol–water partition coefficient (Wildman–Crippen LogP) is 2.93. The smallest absolute Gasteiger partial charge is 0.232 e. The number of fused-ring (bicyclic) bond motifs is 1. The van der Waals surface area contributed by atoms with Crippen LogP contribution in [0.15, 0.2) is 29.9 Å². The van der Waals surface area contributed by atoms with Crippen LogP contribution in [0.4, 0.5) is 5.13 Å². The lowest BCUT2D eigenvalue weighted by Crippen LogP contribution is -2.14. The van der Waals surface area contributed by atoms with Gasteiger partial charge in [0.1, 0.15) is 5.65 Å². The van der Waals surface area contributed by atoms with E-state index in [9.17, 15) is 4.79 Å². The second-order valence-corrected chi connectivity index (χ2v) is 5.66. The van der Waals surface area contributed by atoms with Crippen molar-refractivity contribution in [2.45, 2.75) is 13.3 Å². The first kappa shape index (κ1) is 13.1. The van der Waals surface area contributed by atoms with Crippen molar-refractivity contribution in [2.24, 2.45) is 0 Å². The number of thiazole rings is 1. The van der Waals surface area contributed by atoms with Crippen molar-refractivity contribution in [3.05, 3.63) is 46.3 Å². The van der Waals surface area contributed by atoms with Gasteiger partial charge in [0.05, 0.1) is 22.8 Å². The van der Waals surface area contributed by atoms with Crippen molar-refractivity contribution in [1.82, 2.24) is 14.4 Å². The number of aromatic nitrogens is 3. The van der Waals surface area contributed by atoms with Gasteiger partial charge in [-0.25, -0.2) is 9.97 Å². The molecule has 0 bridgehead atoms. The molecule has 3 aromatic heterocycles. The maximum absolute atomic E-state index is 11.9. The molecule has 1 N–H and O–H groups in total. The minimum absolute atomic E-state index is 0.131. The Morgan fingerprint density at radius 2 is 2.25 bits per heavy atom. The predicted molar refractivity (Wildman–Crippen MR) is 79.4 cm³/mol. The van der Waals surface area contributed by atoms with Gasteiger partial charge in [-0.15, -0.1) is 11.3 Å². The molecule has 0 aromatic carbocycles. The molecule has 0 atom stereocenters. The minimum Gasteiger partial charge on any atom is -0.305 e. The summed E-state index contributed by atoms with van der Waals surface area (Å²) < 4.78 is 1.80. The van der Waals surface area contributed by atoms with Crippen LogP contribution in [0, 0.1) is 6.92 Å². The van der Waals surface area contributed by atoms with E-state index in [1.165, 1.54) is 11.3 Å². The highest BCUT2D eigenvalue weighted by atomic mass is 35.5. The average Bonchev–Trinajstić information content (AvgIpc) is 2.94. The SMILES string of the molecule is Cc1csc(NC(=O)Cc2cn3cc(Cl)ccc3n2)n1. The molecule has 0 fully saturated rings. The number of anilines is 1. The van der Waals surface area contributed by atoms with Gasteiger partial charge in [0.2, 0.25) is 5.91 Å². The van der Waals surface area contributed by atoms with Gasteiger partial charge in [0.15, 0.2) is 5.13 Å². The van der Waals surface area contributed by atoms with Crippen LogP contribution in [0.5, 0.6) is 0 Å². The maximum Gasteiger partial charge on any atom is 0.232 e. The Kier molecular flexibility index (Phi) is 3.42. The molecule has 0 saturated heterocycles. The highest BCUT2D eigenvalue weighted by Gasteiger charge is 2.09. The maximum atomic E-state index is 11.9. The van der Waals surface area contributed by atoms with Gasteiger partial charge < -0.3 is 9.72 Å². The van der Waals surface area contributed by atoms with Gasteiger partial charge in [-0.2, -0.15) is 0 Å². The fourth-order valence-corrected chi connectivity index (χ4v) is 2.71. The first-order valence-corrected chi connectivity index (χ1v) is 7.21. The molecule has 3 rings (SSSR count). The summed E-state index contributed by atoms with van der Waals surface area (Å²) in [5.74, 6) is -0.131. The summed E-state index contributed by atoms with van der Waals surface area (Å²) in [4.78, 5) is 20.5. The largest absolute Gasteiger partial charge is 0.305 e. The van der Waals surface area contributed by atoms with Crippen molar-refractivity contribution >= 4 is 39.6 Å². The second-order valence-electron chi connectivity index (χ2n) is 4.36. The van der Waals surface area contributed by atoms with Crippen LogP contribution in [0.2, 0.25) is 5.02 Å². The van der Waals surface area contributed by atoms with Gasteiger partial charge in [0, 0.05) is 17.8 Å². The number of imidazole rings is 1. The molecule has 0 aliphatic rings. The number of halogens is 1. The first-order valence-electron chi connectivity index (χ1n) is 5.95. The van der Waals surface area contributed by atoms with Gasteiger partial charge in [0.25, 0.3) is 0 Å². The zero-order valence-corrected chi connectivity index (χ0v) is 12.2. The lowest BCUT2D eigenvalue weighted by Gasteiger charge is -1.98. The van der Waals surface area contributed by atoms with Gasteiger partial charge in [-0.1, -0.05) is 11.6 Å².